The average Bonchev–Trinajstić information content (AvgIpc) is 2.76. The van der Waals surface area contributed by atoms with Gasteiger partial charge in [-0.15, -0.1) is 0 Å². The van der Waals surface area contributed by atoms with E-state index in [0.717, 1.165) is 18.7 Å². The van der Waals surface area contributed by atoms with E-state index < -0.39 is 0 Å². The Morgan fingerprint density at radius 1 is 1.10 bits per heavy atom. The van der Waals surface area contributed by atoms with Gasteiger partial charge in [-0.3, -0.25) is 4.79 Å². The number of rotatable bonds is 5. The van der Waals surface area contributed by atoms with Gasteiger partial charge in [-0.2, -0.15) is 0 Å². The zero-order valence-electron chi connectivity index (χ0n) is 12.1. The molecule has 1 fully saturated rings. The van der Waals surface area contributed by atoms with Gasteiger partial charge in [0.1, 0.15) is 0 Å². The van der Waals surface area contributed by atoms with E-state index in [1.54, 1.807) is 0 Å². The van der Waals surface area contributed by atoms with Crippen molar-refractivity contribution in [2.75, 3.05) is 26.2 Å². The van der Waals surface area contributed by atoms with E-state index in [1.165, 1.54) is 38.8 Å². The van der Waals surface area contributed by atoms with Crippen LogP contribution in [0.4, 0.5) is 0 Å². The summed E-state index contributed by atoms with van der Waals surface area (Å²) in [5, 5.41) is 2.99. The first-order valence-corrected chi connectivity index (χ1v) is 7.59. The van der Waals surface area contributed by atoms with Crippen molar-refractivity contribution in [1.82, 2.24) is 10.2 Å². The summed E-state index contributed by atoms with van der Waals surface area (Å²) in [4.78, 5) is 14.4. The Labute approximate surface area is 121 Å². The van der Waals surface area contributed by atoms with Crippen LogP contribution in [0.15, 0.2) is 24.3 Å². The van der Waals surface area contributed by atoms with Gasteiger partial charge in [-0.25, -0.2) is 0 Å². The summed E-state index contributed by atoms with van der Waals surface area (Å²) in [6.45, 7) is 4.52. The smallest absolute Gasteiger partial charge is 0.251 e. The van der Waals surface area contributed by atoms with Crippen LogP contribution >= 0.6 is 0 Å². The highest BCUT2D eigenvalue weighted by molar-refractivity contribution is 5.94. The molecule has 4 nitrogen and oxygen atoms in total. The maximum atomic E-state index is 12.0. The second-order valence-corrected chi connectivity index (χ2v) is 5.41. The largest absolute Gasteiger partial charge is 0.351 e. The normalized spacial score (nSPS) is 16.6. The molecule has 0 aromatic heterocycles. The fourth-order valence-electron chi connectivity index (χ4n) is 2.58. The number of hydrogen-bond acceptors (Lipinski definition) is 3. The molecule has 0 spiro atoms. The van der Waals surface area contributed by atoms with Gasteiger partial charge in [0, 0.05) is 25.2 Å². The number of hydrogen-bond donors (Lipinski definition) is 2. The Kier molecular flexibility index (Phi) is 6.02. The summed E-state index contributed by atoms with van der Waals surface area (Å²) in [5.74, 6) is 0.00314. The Balaban J connectivity index is 1.73. The fourth-order valence-corrected chi connectivity index (χ4v) is 2.58. The van der Waals surface area contributed by atoms with Gasteiger partial charge in [-0.1, -0.05) is 25.0 Å². The molecule has 20 heavy (non-hydrogen) atoms. The highest BCUT2D eigenvalue weighted by Gasteiger charge is 2.09. The lowest BCUT2D eigenvalue weighted by Gasteiger charge is -2.19. The molecule has 0 bridgehead atoms. The van der Waals surface area contributed by atoms with Crippen LogP contribution in [0.25, 0.3) is 0 Å². The van der Waals surface area contributed by atoms with Gasteiger partial charge in [-0.05, 0) is 43.6 Å². The van der Waals surface area contributed by atoms with Crippen LogP contribution in [0.3, 0.4) is 0 Å². The van der Waals surface area contributed by atoms with E-state index >= 15 is 0 Å². The molecule has 1 aromatic rings. The SMILES string of the molecule is NCc1ccc(C(=O)NCCN2CCCCCC2)cc1. The summed E-state index contributed by atoms with van der Waals surface area (Å²) in [6, 6.07) is 7.49. The van der Waals surface area contributed by atoms with Gasteiger partial charge in [0.15, 0.2) is 0 Å². The minimum atomic E-state index is 0.00314. The first kappa shape index (κ1) is 15.0. The molecule has 2 rings (SSSR count). The van der Waals surface area contributed by atoms with Gasteiger partial charge in [0.2, 0.25) is 0 Å². The number of benzene rings is 1. The number of nitrogens with two attached hydrogens (primary N) is 1. The summed E-state index contributed by atoms with van der Waals surface area (Å²) in [7, 11) is 0. The van der Waals surface area contributed by atoms with Gasteiger partial charge < -0.3 is 16.0 Å². The van der Waals surface area contributed by atoms with Crippen molar-refractivity contribution in [2.45, 2.75) is 32.2 Å². The highest BCUT2D eigenvalue weighted by atomic mass is 16.1. The Hall–Kier alpha value is -1.39. The number of likely N-dealkylation sites (tertiary alicyclic amines) is 1. The molecule has 0 unspecified atom stereocenters. The van der Waals surface area contributed by atoms with Crippen LogP contribution in [-0.2, 0) is 6.54 Å². The molecular formula is C16H25N3O. The number of nitrogens with one attached hydrogen (secondary N) is 1. The zero-order valence-corrected chi connectivity index (χ0v) is 12.1. The molecule has 1 heterocycles. The predicted molar refractivity (Wildman–Crippen MR) is 81.6 cm³/mol. The van der Waals surface area contributed by atoms with Crippen molar-refractivity contribution >= 4 is 5.91 Å². The van der Waals surface area contributed by atoms with E-state index in [1.807, 2.05) is 24.3 Å². The number of carbonyl (C=O) groups excluding carboxylic acids is 1. The topological polar surface area (TPSA) is 58.4 Å². The quantitative estimate of drug-likeness (QED) is 0.861. The summed E-state index contributed by atoms with van der Waals surface area (Å²) in [5.41, 5.74) is 7.30. The van der Waals surface area contributed by atoms with Crippen LogP contribution in [0.1, 0.15) is 41.6 Å². The van der Waals surface area contributed by atoms with Crippen molar-refractivity contribution in [2.24, 2.45) is 5.73 Å². The molecule has 0 aliphatic carbocycles. The maximum Gasteiger partial charge on any atom is 0.251 e. The lowest BCUT2D eigenvalue weighted by Crippen LogP contribution is -2.35. The van der Waals surface area contributed by atoms with E-state index in [9.17, 15) is 4.79 Å². The van der Waals surface area contributed by atoms with E-state index in [-0.39, 0.29) is 5.91 Å². The number of nitrogens with zero attached hydrogens (tertiary/aromatic N) is 1. The van der Waals surface area contributed by atoms with Crippen LogP contribution < -0.4 is 11.1 Å². The van der Waals surface area contributed by atoms with Crippen molar-refractivity contribution in [3.63, 3.8) is 0 Å². The van der Waals surface area contributed by atoms with Crippen LogP contribution in [0, 0.1) is 0 Å². The molecular weight excluding hydrogens is 250 g/mol. The van der Waals surface area contributed by atoms with E-state index in [2.05, 4.69) is 10.2 Å². The predicted octanol–water partition coefficient (Wildman–Crippen LogP) is 1.75. The second kappa shape index (κ2) is 8.02. The molecule has 1 amide bonds. The van der Waals surface area contributed by atoms with Gasteiger partial charge >= 0.3 is 0 Å². The van der Waals surface area contributed by atoms with E-state index in [4.69, 9.17) is 5.73 Å². The third-order valence-electron chi connectivity index (χ3n) is 3.86. The van der Waals surface area contributed by atoms with E-state index in [0.29, 0.717) is 12.1 Å². The molecule has 0 atom stereocenters. The van der Waals surface area contributed by atoms with Gasteiger partial charge in [0.25, 0.3) is 5.91 Å². The van der Waals surface area contributed by atoms with Crippen LogP contribution in [0.5, 0.6) is 0 Å². The van der Waals surface area contributed by atoms with Crippen LogP contribution in [0.2, 0.25) is 0 Å². The standard InChI is InChI=1S/C16H25N3O/c17-13-14-5-7-15(8-6-14)16(20)18-9-12-19-10-3-1-2-4-11-19/h5-8H,1-4,9-13,17H2,(H,18,20). The highest BCUT2D eigenvalue weighted by Crippen LogP contribution is 2.08. The monoisotopic (exact) mass is 275 g/mol. The minimum absolute atomic E-state index is 0.00314. The van der Waals surface area contributed by atoms with Crippen molar-refractivity contribution in [1.29, 1.82) is 0 Å². The van der Waals surface area contributed by atoms with Gasteiger partial charge in [0.05, 0.1) is 0 Å². The van der Waals surface area contributed by atoms with Crippen molar-refractivity contribution in [3.05, 3.63) is 35.4 Å². The summed E-state index contributed by atoms with van der Waals surface area (Å²) >= 11 is 0. The molecule has 0 saturated carbocycles. The third kappa shape index (κ3) is 4.62. The third-order valence-corrected chi connectivity index (χ3v) is 3.86. The molecule has 1 aliphatic rings. The summed E-state index contributed by atoms with van der Waals surface area (Å²) < 4.78 is 0. The molecule has 1 aliphatic heterocycles. The first-order chi connectivity index (χ1) is 9.79. The zero-order chi connectivity index (χ0) is 14.2. The van der Waals surface area contributed by atoms with Crippen LogP contribution in [-0.4, -0.2) is 37.0 Å². The molecule has 1 saturated heterocycles. The lowest BCUT2D eigenvalue weighted by molar-refractivity contribution is 0.0948. The van der Waals surface area contributed by atoms with Crippen molar-refractivity contribution in [3.8, 4) is 0 Å². The minimum Gasteiger partial charge on any atom is -0.351 e. The second-order valence-electron chi connectivity index (χ2n) is 5.41. The Morgan fingerprint density at radius 2 is 1.75 bits per heavy atom. The molecule has 3 N–H and O–H groups in total. The van der Waals surface area contributed by atoms with Crippen molar-refractivity contribution < 1.29 is 4.79 Å². The molecule has 4 heteroatoms. The molecule has 110 valence electrons. The summed E-state index contributed by atoms with van der Waals surface area (Å²) in [6.07, 6.45) is 5.26. The first-order valence-electron chi connectivity index (χ1n) is 7.59. The number of carbonyl (C=O) groups is 1. The Bertz CT molecular complexity index is 408. The fraction of sp³-hybridized carbons (Fsp3) is 0.562. The molecule has 0 radical (unpaired) electrons. The Morgan fingerprint density at radius 3 is 2.35 bits per heavy atom. The lowest BCUT2D eigenvalue weighted by atomic mass is 10.1. The maximum absolute atomic E-state index is 12.0. The number of amides is 1. The average molecular weight is 275 g/mol. The molecule has 1 aromatic carbocycles.